The average molecular weight is 359 g/mol. The van der Waals surface area contributed by atoms with Gasteiger partial charge in [0.05, 0.1) is 11.3 Å². The van der Waals surface area contributed by atoms with Gasteiger partial charge in [-0.1, -0.05) is 49.7 Å². The first kappa shape index (κ1) is 17.4. The van der Waals surface area contributed by atoms with Gasteiger partial charge in [0, 0.05) is 18.9 Å². The SMILES string of the molecule is Cc1ccc(F)c(-c2nc3ccn(Cc4ccc(C(C)C)cc4)cc-3n2)c1. The molecular formula is C23H22FN3. The zero-order valence-electron chi connectivity index (χ0n) is 15.8. The summed E-state index contributed by atoms with van der Waals surface area (Å²) in [6, 6.07) is 15.6. The van der Waals surface area contributed by atoms with Crippen molar-refractivity contribution in [3.8, 4) is 22.8 Å². The number of hydrogen-bond acceptors (Lipinski definition) is 2. The Morgan fingerprint density at radius 1 is 0.963 bits per heavy atom. The van der Waals surface area contributed by atoms with Crippen LogP contribution in [-0.4, -0.2) is 14.5 Å². The van der Waals surface area contributed by atoms with Crippen molar-refractivity contribution >= 4 is 0 Å². The van der Waals surface area contributed by atoms with Crippen LogP contribution in [0, 0.1) is 12.7 Å². The van der Waals surface area contributed by atoms with Gasteiger partial charge in [-0.25, -0.2) is 14.4 Å². The predicted molar refractivity (Wildman–Crippen MR) is 106 cm³/mol. The van der Waals surface area contributed by atoms with Crippen LogP contribution in [0.4, 0.5) is 4.39 Å². The number of hydrogen-bond donors (Lipinski definition) is 0. The standard InChI is InChI=1S/C23H22FN3/c1-15(2)18-7-5-17(6-8-18)13-27-11-10-21-22(14-27)26-23(25-21)19-12-16(3)4-9-20(19)24/h4-12,14-15H,13H2,1-3H3. The van der Waals surface area contributed by atoms with Gasteiger partial charge >= 0.3 is 0 Å². The Bertz CT molecular complexity index is 1050. The molecule has 0 bridgehead atoms. The number of imidazole rings is 1. The van der Waals surface area contributed by atoms with Gasteiger partial charge in [-0.2, -0.15) is 0 Å². The van der Waals surface area contributed by atoms with Crippen LogP contribution in [0.15, 0.2) is 60.9 Å². The van der Waals surface area contributed by atoms with Crippen LogP contribution in [-0.2, 0) is 6.54 Å². The Morgan fingerprint density at radius 2 is 1.70 bits per heavy atom. The quantitative estimate of drug-likeness (QED) is 0.470. The molecule has 2 aliphatic rings. The van der Waals surface area contributed by atoms with E-state index in [2.05, 4.69) is 52.6 Å². The summed E-state index contributed by atoms with van der Waals surface area (Å²) in [6.45, 7) is 7.08. The fraction of sp³-hybridized carbons (Fsp3) is 0.217. The van der Waals surface area contributed by atoms with E-state index in [1.807, 2.05) is 25.4 Å². The molecule has 4 rings (SSSR count). The normalized spacial score (nSPS) is 11.4. The summed E-state index contributed by atoms with van der Waals surface area (Å²) in [5, 5.41) is 0. The minimum absolute atomic E-state index is 0.297. The van der Waals surface area contributed by atoms with E-state index in [9.17, 15) is 4.39 Å². The number of aromatic nitrogens is 3. The summed E-state index contributed by atoms with van der Waals surface area (Å²) in [5.41, 5.74) is 5.55. The first-order valence-corrected chi connectivity index (χ1v) is 9.18. The maximum atomic E-state index is 14.2. The van der Waals surface area contributed by atoms with Crippen molar-refractivity contribution in [2.75, 3.05) is 0 Å². The van der Waals surface area contributed by atoms with Gasteiger partial charge in [0.25, 0.3) is 0 Å². The Morgan fingerprint density at radius 3 is 2.44 bits per heavy atom. The lowest BCUT2D eigenvalue weighted by Crippen LogP contribution is -2.01. The first-order chi connectivity index (χ1) is 13.0. The molecule has 0 unspecified atom stereocenters. The van der Waals surface area contributed by atoms with Crippen molar-refractivity contribution in [2.24, 2.45) is 0 Å². The molecule has 136 valence electrons. The molecule has 3 nitrogen and oxygen atoms in total. The molecule has 27 heavy (non-hydrogen) atoms. The van der Waals surface area contributed by atoms with Crippen molar-refractivity contribution in [1.29, 1.82) is 0 Å². The zero-order chi connectivity index (χ0) is 19.0. The second-order valence-corrected chi connectivity index (χ2v) is 7.31. The third-order valence-electron chi connectivity index (χ3n) is 4.80. The van der Waals surface area contributed by atoms with E-state index in [0.29, 0.717) is 17.3 Å². The Labute approximate surface area is 158 Å². The third kappa shape index (κ3) is 3.61. The minimum atomic E-state index is -0.297. The van der Waals surface area contributed by atoms with E-state index >= 15 is 0 Å². The van der Waals surface area contributed by atoms with Gasteiger partial charge in [0.15, 0.2) is 5.82 Å². The molecule has 4 heteroatoms. The first-order valence-electron chi connectivity index (χ1n) is 9.18. The highest BCUT2D eigenvalue weighted by Gasteiger charge is 2.15. The molecule has 0 fully saturated rings. The molecular weight excluding hydrogens is 337 g/mol. The summed E-state index contributed by atoms with van der Waals surface area (Å²) in [4.78, 5) is 9.05. The van der Waals surface area contributed by atoms with Crippen molar-refractivity contribution in [2.45, 2.75) is 33.2 Å². The van der Waals surface area contributed by atoms with E-state index in [1.54, 1.807) is 12.1 Å². The number of pyridine rings is 1. The molecule has 2 aliphatic heterocycles. The lowest BCUT2D eigenvalue weighted by Gasteiger charge is -2.10. The van der Waals surface area contributed by atoms with Gasteiger partial charge in [0.2, 0.25) is 0 Å². The number of rotatable bonds is 4. The number of halogens is 1. The summed E-state index contributed by atoms with van der Waals surface area (Å²) in [5.74, 6) is 0.669. The minimum Gasteiger partial charge on any atom is -0.348 e. The zero-order valence-corrected chi connectivity index (χ0v) is 15.8. The van der Waals surface area contributed by atoms with Crippen LogP contribution in [0.5, 0.6) is 0 Å². The smallest absolute Gasteiger partial charge is 0.163 e. The van der Waals surface area contributed by atoms with Crippen LogP contribution in [0.3, 0.4) is 0 Å². The van der Waals surface area contributed by atoms with Crippen molar-refractivity contribution in [1.82, 2.24) is 14.5 Å². The molecule has 0 radical (unpaired) electrons. The highest BCUT2D eigenvalue weighted by Crippen LogP contribution is 2.27. The van der Waals surface area contributed by atoms with Gasteiger partial charge < -0.3 is 4.57 Å². The lowest BCUT2D eigenvalue weighted by atomic mass is 10.0. The van der Waals surface area contributed by atoms with Crippen LogP contribution in [0.1, 0.15) is 36.5 Å². The number of fused-ring (bicyclic) bond motifs is 1. The second kappa shape index (κ2) is 6.95. The molecule has 2 aromatic rings. The maximum Gasteiger partial charge on any atom is 0.163 e. The highest BCUT2D eigenvalue weighted by molar-refractivity contribution is 5.66. The van der Waals surface area contributed by atoms with E-state index in [0.717, 1.165) is 23.5 Å². The van der Waals surface area contributed by atoms with E-state index in [-0.39, 0.29) is 5.82 Å². The topological polar surface area (TPSA) is 30.7 Å². The van der Waals surface area contributed by atoms with Gasteiger partial charge in [-0.05, 0) is 42.2 Å². The molecule has 0 atom stereocenters. The van der Waals surface area contributed by atoms with Crippen LogP contribution < -0.4 is 0 Å². The number of aryl methyl sites for hydroxylation is 1. The fourth-order valence-electron chi connectivity index (χ4n) is 3.20. The highest BCUT2D eigenvalue weighted by atomic mass is 19.1. The molecule has 0 saturated heterocycles. The Balaban J connectivity index is 1.63. The maximum absolute atomic E-state index is 14.2. The van der Waals surface area contributed by atoms with Gasteiger partial charge in [-0.3, -0.25) is 0 Å². The largest absolute Gasteiger partial charge is 0.348 e. The molecule has 0 aliphatic carbocycles. The summed E-state index contributed by atoms with van der Waals surface area (Å²) < 4.78 is 16.2. The monoisotopic (exact) mass is 359 g/mol. The fourth-order valence-corrected chi connectivity index (χ4v) is 3.20. The second-order valence-electron chi connectivity index (χ2n) is 7.31. The Hall–Kier alpha value is -3.01. The molecule has 2 aromatic carbocycles. The van der Waals surface area contributed by atoms with Crippen molar-refractivity contribution in [3.05, 3.63) is 83.4 Å². The molecule has 2 heterocycles. The molecule has 0 amide bonds. The molecule has 0 spiro atoms. The number of benzene rings is 2. The molecule has 0 saturated carbocycles. The number of nitrogens with zero attached hydrogens (tertiary/aromatic N) is 3. The summed E-state index contributed by atoms with van der Waals surface area (Å²) >= 11 is 0. The van der Waals surface area contributed by atoms with Crippen LogP contribution in [0.2, 0.25) is 0 Å². The Kier molecular flexibility index (Phi) is 4.48. The van der Waals surface area contributed by atoms with Crippen LogP contribution >= 0.6 is 0 Å². The third-order valence-corrected chi connectivity index (χ3v) is 4.80. The van der Waals surface area contributed by atoms with Crippen LogP contribution in [0.25, 0.3) is 22.8 Å². The van der Waals surface area contributed by atoms with Gasteiger partial charge in [0.1, 0.15) is 11.5 Å². The van der Waals surface area contributed by atoms with E-state index in [4.69, 9.17) is 0 Å². The molecule has 0 aromatic heterocycles. The summed E-state index contributed by atoms with van der Waals surface area (Å²) in [7, 11) is 0. The molecule has 0 N–H and O–H groups in total. The lowest BCUT2D eigenvalue weighted by molar-refractivity contribution is 0.630. The van der Waals surface area contributed by atoms with E-state index < -0.39 is 0 Å². The van der Waals surface area contributed by atoms with Crippen molar-refractivity contribution in [3.63, 3.8) is 0 Å². The predicted octanol–water partition coefficient (Wildman–Crippen LogP) is 5.67. The summed E-state index contributed by atoms with van der Waals surface area (Å²) in [6.07, 6.45) is 3.96. The van der Waals surface area contributed by atoms with E-state index in [1.165, 1.54) is 17.2 Å². The van der Waals surface area contributed by atoms with Crippen molar-refractivity contribution < 1.29 is 4.39 Å². The van der Waals surface area contributed by atoms with Gasteiger partial charge in [-0.15, -0.1) is 0 Å². The average Bonchev–Trinajstić information content (AvgIpc) is 3.07.